The highest BCUT2D eigenvalue weighted by molar-refractivity contribution is 4.81. The van der Waals surface area contributed by atoms with E-state index in [0.717, 1.165) is 13.0 Å². The number of aliphatic hydroxyl groups is 1. The summed E-state index contributed by atoms with van der Waals surface area (Å²) in [6.07, 6.45) is 2.48. The molecule has 1 heterocycles. The molecule has 1 N–H and O–H groups in total. The Hall–Kier alpha value is -0.980. The lowest BCUT2D eigenvalue weighted by atomic mass is 10.4. The highest BCUT2D eigenvalue weighted by Gasteiger charge is 2.01. The van der Waals surface area contributed by atoms with Gasteiger partial charge in [-0.05, 0) is 6.42 Å². The summed E-state index contributed by atoms with van der Waals surface area (Å²) in [4.78, 5) is 0. The third kappa shape index (κ3) is 4.37. The Balaban J connectivity index is 2.09. The highest BCUT2D eigenvalue weighted by Crippen LogP contribution is 1.97. The average Bonchev–Trinajstić information content (AvgIpc) is 2.70. The number of methoxy groups -OCH3 is 1. The summed E-state index contributed by atoms with van der Waals surface area (Å²) in [7, 11) is 1.65. The minimum atomic E-state index is -0.0788. The van der Waals surface area contributed by atoms with Crippen LogP contribution in [0.25, 0.3) is 0 Å². The molecule has 0 unspecified atom stereocenters. The van der Waals surface area contributed by atoms with Crippen molar-refractivity contribution in [1.82, 2.24) is 14.8 Å². The van der Waals surface area contributed by atoms with Gasteiger partial charge in [-0.1, -0.05) is 0 Å². The lowest BCUT2D eigenvalue weighted by Gasteiger charge is -2.05. The second-order valence-electron chi connectivity index (χ2n) is 3.06. The van der Waals surface area contributed by atoms with Crippen LogP contribution in [0.2, 0.25) is 0 Å². The second kappa shape index (κ2) is 7.33. The zero-order valence-electron chi connectivity index (χ0n) is 8.93. The Bertz CT molecular complexity index is 265. The van der Waals surface area contributed by atoms with Crippen molar-refractivity contribution < 1.29 is 14.6 Å². The largest absolute Gasteiger partial charge is 0.388 e. The van der Waals surface area contributed by atoms with Crippen LogP contribution >= 0.6 is 0 Å². The standard InChI is InChI=1S/C9H17N3O3/c1-14-5-6-15-4-2-3-12-8-10-11-9(12)7-13/h8,13H,2-7H2,1H3. The molecule has 0 aliphatic rings. The first-order valence-electron chi connectivity index (χ1n) is 4.92. The molecule has 0 aliphatic heterocycles. The van der Waals surface area contributed by atoms with Crippen molar-refractivity contribution in [3.05, 3.63) is 12.2 Å². The van der Waals surface area contributed by atoms with Crippen LogP contribution in [0.3, 0.4) is 0 Å². The molecule has 0 saturated heterocycles. The summed E-state index contributed by atoms with van der Waals surface area (Å²) in [6.45, 7) is 2.59. The molecule has 0 amide bonds. The van der Waals surface area contributed by atoms with Gasteiger partial charge in [-0.25, -0.2) is 0 Å². The number of hydrogen-bond donors (Lipinski definition) is 1. The fraction of sp³-hybridized carbons (Fsp3) is 0.778. The Kier molecular flexibility index (Phi) is 5.91. The quantitative estimate of drug-likeness (QED) is 0.609. The molecular formula is C9H17N3O3. The van der Waals surface area contributed by atoms with Crippen LogP contribution in [-0.2, 0) is 22.6 Å². The van der Waals surface area contributed by atoms with Gasteiger partial charge in [0.05, 0.1) is 13.2 Å². The van der Waals surface area contributed by atoms with Crippen molar-refractivity contribution in [2.24, 2.45) is 0 Å². The van der Waals surface area contributed by atoms with Crippen LogP contribution in [0.4, 0.5) is 0 Å². The first-order valence-corrected chi connectivity index (χ1v) is 4.92. The third-order valence-corrected chi connectivity index (χ3v) is 1.96. The summed E-state index contributed by atoms with van der Waals surface area (Å²) < 4.78 is 12.0. The van der Waals surface area contributed by atoms with Gasteiger partial charge >= 0.3 is 0 Å². The first kappa shape index (κ1) is 12.1. The molecule has 0 aliphatic carbocycles. The highest BCUT2D eigenvalue weighted by atomic mass is 16.5. The zero-order valence-corrected chi connectivity index (χ0v) is 8.93. The molecule has 6 heteroatoms. The van der Waals surface area contributed by atoms with E-state index in [9.17, 15) is 0 Å². The predicted octanol–water partition coefficient (Wildman–Crippen LogP) is -0.177. The van der Waals surface area contributed by atoms with Crippen molar-refractivity contribution >= 4 is 0 Å². The second-order valence-corrected chi connectivity index (χ2v) is 3.06. The number of aryl methyl sites for hydroxylation is 1. The van der Waals surface area contributed by atoms with Crippen molar-refractivity contribution in [3.63, 3.8) is 0 Å². The smallest absolute Gasteiger partial charge is 0.158 e. The molecule has 6 nitrogen and oxygen atoms in total. The van der Waals surface area contributed by atoms with E-state index >= 15 is 0 Å². The van der Waals surface area contributed by atoms with Crippen LogP contribution in [0.1, 0.15) is 12.2 Å². The molecule has 15 heavy (non-hydrogen) atoms. The fourth-order valence-corrected chi connectivity index (χ4v) is 1.17. The minimum absolute atomic E-state index is 0.0788. The van der Waals surface area contributed by atoms with E-state index in [1.807, 2.05) is 4.57 Å². The Morgan fingerprint density at radius 2 is 2.27 bits per heavy atom. The van der Waals surface area contributed by atoms with Crippen molar-refractivity contribution in [2.45, 2.75) is 19.6 Å². The predicted molar refractivity (Wildman–Crippen MR) is 53.3 cm³/mol. The number of nitrogens with zero attached hydrogens (tertiary/aromatic N) is 3. The molecule has 0 fully saturated rings. The topological polar surface area (TPSA) is 69.4 Å². The van der Waals surface area contributed by atoms with Crippen LogP contribution in [0, 0.1) is 0 Å². The molecule has 0 bridgehead atoms. The molecular weight excluding hydrogens is 198 g/mol. The van der Waals surface area contributed by atoms with Crippen molar-refractivity contribution in [2.75, 3.05) is 26.9 Å². The van der Waals surface area contributed by atoms with Crippen molar-refractivity contribution in [1.29, 1.82) is 0 Å². The first-order chi connectivity index (χ1) is 7.38. The normalized spacial score (nSPS) is 10.8. The molecule has 1 rings (SSSR count). The molecule has 0 spiro atoms. The molecule has 0 radical (unpaired) electrons. The maximum atomic E-state index is 8.91. The lowest BCUT2D eigenvalue weighted by Crippen LogP contribution is -2.08. The number of aromatic nitrogens is 3. The molecule has 1 aromatic heterocycles. The Labute approximate surface area is 88.8 Å². The van der Waals surface area contributed by atoms with Crippen LogP contribution < -0.4 is 0 Å². The molecule has 0 saturated carbocycles. The number of ether oxygens (including phenoxy) is 2. The summed E-state index contributed by atoms with van der Waals surface area (Å²) in [5, 5.41) is 16.4. The Morgan fingerprint density at radius 1 is 1.40 bits per heavy atom. The number of hydrogen-bond acceptors (Lipinski definition) is 5. The van der Waals surface area contributed by atoms with Gasteiger partial charge in [-0.2, -0.15) is 0 Å². The van der Waals surface area contributed by atoms with Gasteiger partial charge in [0.2, 0.25) is 0 Å². The van der Waals surface area contributed by atoms with Gasteiger partial charge in [-0.15, -0.1) is 10.2 Å². The number of aliphatic hydroxyl groups excluding tert-OH is 1. The van der Waals surface area contributed by atoms with Gasteiger partial charge in [0, 0.05) is 20.3 Å². The Morgan fingerprint density at radius 3 is 3.00 bits per heavy atom. The molecule has 0 aromatic carbocycles. The molecule has 86 valence electrons. The van der Waals surface area contributed by atoms with E-state index in [-0.39, 0.29) is 6.61 Å². The van der Waals surface area contributed by atoms with Crippen LogP contribution in [0.5, 0.6) is 0 Å². The summed E-state index contributed by atoms with van der Waals surface area (Å²) >= 11 is 0. The van der Waals surface area contributed by atoms with E-state index in [0.29, 0.717) is 25.6 Å². The van der Waals surface area contributed by atoms with Gasteiger partial charge in [0.15, 0.2) is 5.82 Å². The summed E-state index contributed by atoms with van der Waals surface area (Å²) in [5.74, 6) is 0.590. The van der Waals surface area contributed by atoms with Crippen molar-refractivity contribution in [3.8, 4) is 0 Å². The monoisotopic (exact) mass is 215 g/mol. The zero-order chi connectivity index (χ0) is 10.9. The lowest BCUT2D eigenvalue weighted by molar-refractivity contribution is 0.0678. The van der Waals surface area contributed by atoms with Gasteiger partial charge in [0.1, 0.15) is 12.9 Å². The third-order valence-electron chi connectivity index (χ3n) is 1.96. The van der Waals surface area contributed by atoms with Gasteiger partial charge in [0.25, 0.3) is 0 Å². The SMILES string of the molecule is COCCOCCCn1cnnc1CO. The minimum Gasteiger partial charge on any atom is -0.388 e. The van der Waals surface area contributed by atoms with E-state index in [2.05, 4.69) is 10.2 Å². The van der Waals surface area contributed by atoms with Gasteiger partial charge in [-0.3, -0.25) is 0 Å². The van der Waals surface area contributed by atoms with Crippen LogP contribution in [-0.4, -0.2) is 46.8 Å². The molecule has 1 aromatic rings. The molecule has 0 atom stereocenters. The summed E-state index contributed by atoms with van der Waals surface area (Å²) in [5.41, 5.74) is 0. The fourth-order valence-electron chi connectivity index (χ4n) is 1.17. The maximum absolute atomic E-state index is 8.91. The van der Waals surface area contributed by atoms with E-state index in [1.165, 1.54) is 0 Å². The van der Waals surface area contributed by atoms with E-state index < -0.39 is 0 Å². The van der Waals surface area contributed by atoms with E-state index in [1.54, 1.807) is 13.4 Å². The van der Waals surface area contributed by atoms with Gasteiger partial charge < -0.3 is 19.1 Å². The van der Waals surface area contributed by atoms with Crippen LogP contribution in [0.15, 0.2) is 6.33 Å². The average molecular weight is 215 g/mol. The maximum Gasteiger partial charge on any atom is 0.158 e. The summed E-state index contributed by atoms with van der Waals surface area (Å²) in [6, 6.07) is 0. The van der Waals surface area contributed by atoms with E-state index in [4.69, 9.17) is 14.6 Å². The number of rotatable bonds is 8.